The second-order valence-electron chi connectivity index (χ2n) is 6.50. The molecule has 1 atom stereocenters. The van der Waals surface area contributed by atoms with Gasteiger partial charge in [-0.05, 0) is 23.5 Å². The summed E-state index contributed by atoms with van der Waals surface area (Å²) in [6, 6.07) is 15.7. The Hall–Kier alpha value is -2.88. The van der Waals surface area contributed by atoms with Crippen LogP contribution in [0.2, 0.25) is 0 Å². The molecule has 0 aliphatic rings. The number of ketones is 1. The van der Waals surface area contributed by atoms with E-state index in [4.69, 9.17) is 4.74 Å². The fourth-order valence-corrected chi connectivity index (χ4v) is 3.17. The Morgan fingerprint density at radius 2 is 1.85 bits per heavy atom. The van der Waals surface area contributed by atoms with Gasteiger partial charge in [0.2, 0.25) is 5.78 Å². The molecular weight excluding hydrogens is 326 g/mol. The zero-order chi connectivity index (χ0) is 18.5. The molecule has 0 fully saturated rings. The fourth-order valence-electron chi connectivity index (χ4n) is 3.17. The molecule has 0 radical (unpaired) electrons. The summed E-state index contributed by atoms with van der Waals surface area (Å²) in [7, 11) is 0. The van der Waals surface area contributed by atoms with Crippen LogP contribution in [0.25, 0.3) is 10.9 Å². The summed E-state index contributed by atoms with van der Waals surface area (Å²) >= 11 is 0. The molecule has 4 heteroatoms. The van der Waals surface area contributed by atoms with Crippen molar-refractivity contribution < 1.29 is 14.3 Å². The van der Waals surface area contributed by atoms with Crippen molar-refractivity contribution in [2.75, 3.05) is 6.61 Å². The molecule has 0 saturated carbocycles. The Bertz CT molecular complexity index is 912. The number of aromatic nitrogens is 1. The van der Waals surface area contributed by atoms with Crippen LogP contribution in [0.15, 0.2) is 54.7 Å². The number of hydrogen-bond donors (Lipinski definition) is 1. The number of carbonyl (C=O) groups is 2. The lowest BCUT2D eigenvalue weighted by atomic mass is 9.98. The molecule has 26 heavy (non-hydrogen) atoms. The van der Waals surface area contributed by atoms with E-state index in [1.54, 1.807) is 6.20 Å². The van der Waals surface area contributed by atoms with E-state index in [1.807, 2.05) is 55.5 Å². The predicted octanol–water partition coefficient (Wildman–Crippen LogP) is 4.65. The van der Waals surface area contributed by atoms with Crippen molar-refractivity contribution in [1.29, 1.82) is 0 Å². The highest BCUT2D eigenvalue weighted by Crippen LogP contribution is 2.23. The average Bonchev–Trinajstić information content (AvgIpc) is 3.11. The van der Waals surface area contributed by atoms with Gasteiger partial charge in [0.05, 0.1) is 6.42 Å². The molecule has 0 saturated heterocycles. The number of fused-ring (bicyclic) bond motifs is 1. The molecule has 4 nitrogen and oxygen atoms in total. The van der Waals surface area contributed by atoms with E-state index in [-0.39, 0.29) is 30.7 Å². The van der Waals surface area contributed by atoms with Gasteiger partial charge in [0.1, 0.15) is 0 Å². The third kappa shape index (κ3) is 3.85. The normalized spacial score (nSPS) is 12.1. The highest BCUT2D eigenvalue weighted by molar-refractivity contribution is 6.09. The number of nitrogens with one attached hydrogen (secondary N) is 1. The van der Waals surface area contributed by atoms with Crippen molar-refractivity contribution in [2.24, 2.45) is 0 Å². The van der Waals surface area contributed by atoms with Crippen LogP contribution in [0.5, 0.6) is 0 Å². The van der Waals surface area contributed by atoms with Gasteiger partial charge in [-0.3, -0.25) is 9.59 Å². The number of H-pyrrole nitrogens is 1. The number of rotatable bonds is 7. The molecule has 2 aromatic carbocycles. The second-order valence-corrected chi connectivity index (χ2v) is 6.50. The predicted molar refractivity (Wildman–Crippen MR) is 102 cm³/mol. The first-order valence-electron chi connectivity index (χ1n) is 8.93. The average molecular weight is 349 g/mol. The summed E-state index contributed by atoms with van der Waals surface area (Å²) in [6.45, 7) is 3.82. The number of aromatic amines is 1. The van der Waals surface area contributed by atoms with Crippen molar-refractivity contribution in [3.63, 3.8) is 0 Å². The van der Waals surface area contributed by atoms with Gasteiger partial charge in [-0.1, -0.05) is 62.4 Å². The van der Waals surface area contributed by atoms with Gasteiger partial charge in [-0.2, -0.15) is 0 Å². The van der Waals surface area contributed by atoms with Crippen molar-refractivity contribution in [3.8, 4) is 0 Å². The van der Waals surface area contributed by atoms with Crippen LogP contribution in [0.1, 0.15) is 47.7 Å². The smallest absolute Gasteiger partial charge is 0.306 e. The first kappa shape index (κ1) is 17.9. The number of para-hydroxylation sites is 1. The van der Waals surface area contributed by atoms with E-state index >= 15 is 0 Å². The molecule has 1 aromatic heterocycles. The number of ether oxygens (including phenoxy) is 1. The Balaban J connectivity index is 1.61. The molecule has 0 amide bonds. The van der Waals surface area contributed by atoms with E-state index in [1.165, 1.54) is 0 Å². The maximum Gasteiger partial charge on any atom is 0.306 e. The van der Waals surface area contributed by atoms with E-state index in [2.05, 4.69) is 11.9 Å². The molecule has 3 aromatic rings. The first-order chi connectivity index (χ1) is 12.6. The summed E-state index contributed by atoms with van der Waals surface area (Å²) in [6.07, 6.45) is 2.84. The largest absolute Gasteiger partial charge is 0.457 e. The second kappa shape index (κ2) is 8.00. The number of hydrogen-bond acceptors (Lipinski definition) is 3. The number of aryl methyl sites for hydroxylation is 1. The number of benzene rings is 2. The summed E-state index contributed by atoms with van der Waals surface area (Å²) in [5.74, 6) is -0.493. The fraction of sp³-hybridized carbons (Fsp3) is 0.273. The van der Waals surface area contributed by atoms with Crippen LogP contribution in [-0.4, -0.2) is 23.3 Å². The van der Waals surface area contributed by atoms with Gasteiger partial charge in [0.25, 0.3) is 0 Å². The van der Waals surface area contributed by atoms with Gasteiger partial charge < -0.3 is 9.72 Å². The van der Waals surface area contributed by atoms with Crippen molar-refractivity contribution in [2.45, 2.75) is 32.6 Å². The quantitative estimate of drug-likeness (QED) is 0.499. The van der Waals surface area contributed by atoms with Crippen LogP contribution in [0, 0.1) is 0 Å². The SMILES string of the molecule is CCc1cccc2c(C(=O)COC(=O)C[C@@H](C)c3ccccc3)c[nH]c12. The maximum absolute atomic E-state index is 12.5. The third-order valence-corrected chi connectivity index (χ3v) is 4.69. The van der Waals surface area contributed by atoms with E-state index < -0.39 is 0 Å². The molecule has 0 aliphatic carbocycles. The Morgan fingerprint density at radius 1 is 1.08 bits per heavy atom. The standard InChI is InChI=1S/C22H23NO3/c1-3-16-10-7-11-18-19(13-23-22(16)18)20(24)14-26-21(25)12-15(2)17-8-5-4-6-9-17/h4-11,13,15,23H,3,12,14H2,1-2H3/t15-/m1/s1. The lowest BCUT2D eigenvalue weighted by Crippen LogP contribution is -2.15. The Morgan fingerprint density at radius 3 is 2.58 bits per heavy atom. The van der Waals surface area contributed by atoms with Gasteiger partial charge in [-0.25, -0.2) is 0 Å². The highest BCUT2D eigenvalue weighted by atomic mass is 16.5. The van der Waals surface area contributed by atoms with Gasteiger partial charge in [0.15, 0.2) is 6.61 Å². The van der Waals surface area contributed by atoms with Crippen molar-refractivity contribution in [3.05, 3.63) is 71.4 Å². The molecule has 0 spiro atoms. The summed E-state index contributed by atoms with van der Waals surface area (Å²) in [5, 5.41) is 0.878. The van der Waals surface area contributed by atoms with E-state index in [0.717, 1.165) is 28.5 Å². The van der Waals surface area contributed by atoms with Gasteiger partial charge >= 0.3 is 5.97 Å². The molecule has 3 rings (SSSR count). The van der Waals surface area contributed by atoms with Crippen molar-refractivity contribution in [1.82, 2.24) is 4.98 Å². The van der Waals surface area contributed by atoms with Crippen molar-refractivity contribution >= 4 is 22.7 Å². The lowest BCUT2D eigenvalue weighted by molar-refractivity contribution is -0.142. The van der Waals surface area contributed by atoms with Crippen LogP contribution in [-0.2, 0) is 16.0 Å². The minimum Gasteiger partial charge on any atom is -0.457 e. The van der Waals surface area contributed by atoms with E-state index in [9.17, 15) is 9.59 Å². The molecule has 0 aliphatic heterocycles. The lowest BCUT2D eigenvalue weighted by Gasteiger charge is -2.11. The van der Waals surface area contributed by atoms with E-state index in [0.29, 0.717) is 5.56 Å². The zero-order valence-corrected chi connectivity index (χ0v) is 15.1. The van der Waals surface area contributed by atoms with Crippen LogP contribution in [0.3, 0.4) is 0 Å². The molecule has 0 unspecified atom stereocenters. The van der Waals surface area contributed by atoms with Crippen LogP contribution >= 0.6 is 0 Å². The minimum absolute atomic E-state index is 0.0546. The maximum atomic E-state index is 12.5. The Labute approximate surface area is 153 Å². The summed E-state index contributed by atoms with van der Waals surface area (Å²) in [5.41, 5.74) is 3.79. The minimum atomic E-state index is -0.358. The molecule has 0 bridgehead atoms. The van der Waals surface area contributed by atoms with Gasteiger partial charge in [-0.15, -0.1) is 0 Å². The number of Topliss-reactive ketones (excluding diaryl/α,β-unsaturated/α-hetero) is 1. The molecule has 1 heterocycles. The molecule has 134 valence electrons. The van der Waals surface area contributed by atoms with Crippen LogP contribution < -0.4 is 0 Å². The number of carbonyl (C=O) groups excluding carboxylic acids is 2. The highest BCUT2D eigenvalue weighted by Gasteiger charge is 2.17. The summed E-state index contributed by atoms with van der Waals surface area (Å²) < 4.78 is 5.22. The van der Waals surface area contributed by atoms with Gasteiger partial charge in [0, 0.05) is 22.7 Å². The zero-order valence-electron chi connectivity index (χ0n) is 15.1. The molecule has 1 N–H and O–H groups in total. The topological polar surface area (TPSA) is 59.2 Å². The van der Waals surface area contributed by atoms with Crippen LogP contribution in [0.4, 0.5) is 0 Å². The monoisotopic (exact) mass is 349 g/mol. The molecular formula is C22H23NO3. The Kier molecular flexibility index (Phi) is 5.52. The third-order valence-electron chi connectivity index (χ3n) is 4.69. The summed E-state index contributed by atoms with van der Waals surface area (Å²) in [4.78, 5) is 27.7. The first-order valence-corrected chi connectivity index (χ1v) is 8.93. The number of esters is 1.